The average Bonchev–Trinajstić information content (AvgIpc) is 3.29. The number of piperidine rings is 1. The van der Waals surface area contributed by atoms with Crippen LogP contribution in [0.4, 0.5) is 5.69 Å². The Kier molecular flexibility index (Phi) is 7.19. The minimum absolute atomic E-state index is 0.107. The third kappa shape index (κ3) is 6.48. The Morgan fingerprint density at radius 1 is 0.939 bits per heavy atom. The van der Waals surface area contributed by atoms with Crippen LogP contribution < -0.4 is 10.1 Å². The van der Waals surface area contributed by atoms with Crippen LogP contribution in [-0.4, -0.2) is 23.9 Å². The average molecular weight is 447 g/mol. The number of hydrogen-bond acceptors (Lipinski definition) is 4. The van der Waals surface area contributed by atoms with Crippen molar-refractivity contribution < 1.29 is 13.9 Å². The first kappa shape index (κ1) is 23.1. The second-order valence-electron chi connectivity index (χ2n) is 9.82. The van der Waals surface area contributed by atoms with Crippen LogP contribution in [0.2, 0.25) is 0 Å². The van der Waals surface area contributed by atoms with E-state index in [2.05, 4.69) is 55.3 Å². The fourth-order valence-electron chi connectivity index (χ4n) is 4.05. The lowest BCUT2D eigenvalue weighted by atomic mass is 9.87. The van der Waals surface area contributed by atoms with E-state index >= 15 is 0 Å². The van der Waals surface area contributed by atoms with Gasteiger partial charge in [-0.05, 0) is 78.9 Å². The van der Waals surface area contributed by atoms with Crippen LogP contribution in [-0.2, 0) is 18.6 Å². The third-order valence-electron chi connectivity index (χ3n) is 6.05. The van der Waals surface area contributed by atoms with E-state index in [-0.39, 0.29) is 23.7 Å². The van der Waals surface area contributed by atoms with Gasteiger partial charge in [0.15, 0.2) is 5.76 Å². The van der Waals surface area contributed by atoms with Crippen LogP contribution in [0.5, 0.6) is 5.75 Å². The fraction of sp³-hybridized carbons (Fsp3) is 0.393. The maximum Gasteiger partial charge on any atom is 0.291 e. The van der Waals surface area contributed by atoms with Crippen LogP contribution in [0.15, 0.2) is 65.1 Å². The quantitative estimate of drug-likeness (QED) is 0.457. The van der Waals surface area contributed by atoms with Crippen molar-refractivity contribution in [3.8, 4) is 5.75 Å². The molecule has 174 valence electrons. The van der Waals surface area contributed by atoms with Crippen molar-refractivity contribution in [1.82, 2.24) is 4.90 Å². The molecule has 0 aliphatic carbocycles. The number of amides is 1. The van der Waals surface area contributed by atoms with E-state index in [0.717, 1.165) is 18.0 Å². The van der Waals surface area contributed by atoms with Gasteiger partial charge < -0.3 is 14.5 Å². The second-order valence-corrected chi connectivity index (χ2v) is 9.82. The lowest BCUT2D eigenvalue weighted by Gasteiger charge is -2.26. The fourth-order valence-corrected chi connectivity index (χ4v) is 4.05. The van der Waals surface area contributed by atoms with Crippen LogP contribution >= 0.6 is 0 Å². The molecule has 5 nitrogen and oxygen atoms in total. The molecule has 1 aliphatic rings. The summed E-state index contributed by atoms with van der Waals surface area (Å²) in [6.07, 6.45) is 3.91. The molecule has 0 atom stereocenters. The predicted molar refractivity (Wildman–Crippen MR) is 132 cm³/mol. The molecule has 0 bridgehead atoms. The Bertz CT molecular complexity index is 1040. The van der Waals surface area contributed by atoms with E-state index in [9.17, 15) is 4.79 Å². The molecule has 3 aromatic rings. The van der Waals surface area contributed by atoms with Crippen molar-refractivity contribution >= 4 is 11.6 Å². The molecule has 1 amide bonds. The monoisotopic (exact) mass is 446 g/mol. The summed E-state index contributed by atoms with van der Waals surface area (Å²) in [5.41, 5.74) is 3.39. The molecule has 0 unspecified atom stereocenters. The third-order valence-corrected chi connectivity index (χ3v) is 6.05. The highest BCUT2D eigenvalue weighted by Crippen LogP contribution is 2.25. The zero-order chi connectivity index (χ0) is 23.3. The number of carbonyl (C=O) groups excluding carboxylic acids is 1. The number of likely N-dealkylation sites (tertiary alicyclic amines) is 1. The number of nitrogens with one attached hydrogen (secondary N) is 1. The number of anilines is 1. The van der Waals surface area contributed by atoms with E-state index < -0.39 is 0 Å². The number of benzene rings is 2. The summed E-state index contributed by atoms with van der Waals surface area (Å²) in [6, 6.07) is 19.6. The topological polar surface area (TPSA) is 54.7 Å². The van der Waals surface area contributed by atoms with Crippen LogP contribution in [0, 0.1) is 0 Å². The normalized spacial score (nSPS) is 14.8. The second kappa shape index (κ2) is 10.3. The number of ether oxygens (including phenoxy) is 1. The molecule has 0 saturated carbocycles. The lowest BCUT2D eigenvalue weighted by Crippen LogP contribution is -2.29. The summed E-state index contributed by atoms with van der Waals surface area (Å²) in [5, 5.41) is 2.91. The minimum Gasteiger partial charge on any atom is -0.486 e. The van der Waals surface area contributed by atoms with E-state index in [0.29, 0.717) is 5.76 Å². The Morgan fingerprint density at radius 3 is 2.30 bits per heavy atom. The molecule has 33 heavy (non-hydrogen) atoms. The highest BCUT2D eigenvalue weighted by atomic mass is 16.5. The van der Waals surface area contributed by atoms with Crippen LogP contribution in [0.3, 0.4) is 0 Å². The molecule has 1 N–H and O–H groups in total. The number of rotatable bonds is 7. The van der Waals surface area contributed by atoms with E-state index in [1.807, 2.05) is 24.3 Å². The van der Waals surface area contributed by atoms with Crippen LogP contribution in [0.1, 0.15) is 67.5 Å². The largest absolute Gasteiger partial charge is 0.486 e. The molecular weight excluding hydrogens is 412 g/mol. The molecule has 1 aromatic heterocycles. The predicted octanol–water partition coefficient (Wildman–Crippen LogP) is 6.39. The molecule has 2 heterocycles. The Labute approximate surface area is 196 Å². The van der Waals surface area contributed by atoms with E-state index in [1.54, 1.807) is 12.1 Å². The van der Waals surface area contributed by atoms with Gasteiger partial charge in [-0.2, -0.15) is 0 Å². The summed E-state index contributed by atoms with van der Waals surface area (Å²) < 4.78 is 11.5. The molecule has 1 fully saturated rings. The van der Waals surface area contributed by atoms with Gasteiger partial charge in [-0.15, -0.1) is 0 Å². The summed E-state index contributed by atoms with van der Waals surface area (Å²) in [7, 11) is 0. The summed E-state index contributed by atoms with van der Waals surface area (Å²) in [5.74, 6) is 1.39. The van der Waals surface area contributed by atoms with Crippen molar-refractivity contribution in [2.24, 2.45) is 0 Å². The standard InChI is InChI=1S/C28H34N2O3/c1-28(2,3)22-9-13-24(14-10-22)32-20-25-15-16-26(33-25)27(31)29-23-11-7-21(8-12-23)19-30-17-5-4-6-18-30/h7-16H,4-6,17-20H2,1-3H3,(H,29,31). The molecule has 1 saturated heterocycles. The Morgan fingerprint density at radius 2 is 1.64 bits per heavy atom. The molecule has 0 spiro atoms. The smallest absolute Gasteiger partial charge is 0.291 e. The molecule has 1 aliphatic heterocycles. The number of nitrogens with zero attached hydrogens (tertiary/aromatic N) is 1. The van der Waals surface area contributed by atoms with Gasteiger partial charge in [0, 0.05) is 12.2 Å². The van der Waals surface area contributed by atoms with E-state index in [4.69, 9.17) is 9.15 Å². The maximum atomic E-state index is 12.6. The first-order valence-electron chi connectivity index (χ1n) is 11.8. The summed E-state index contributed by atoms with van der Waals surface area (Å²) >= 11 is 0. The summed E-state index contributed by atoms with van der Waals surface area (Å²) in [6.45, 7) is 10.1. The molecule has 2 aromatic carbocycles. The van der Waals surface area contributed by atoms with Crippen molar-refractivity contribution in [2.45, 2.75) is 58.6 Å². The SMILES string of the molecule is CC(C)(C)c1ccc(OCc2ccc(C(=O)Nc3ccc(CN4CCCCC4)cc3)o2)cc1. The minimum atomic E-state index is -0.264. The van der Waals surface area contributed by atoms with Gasteiger partial charge in [-0.3, -0.25) is 9.69 Å². The molecule has 0 radical (unpaired) electrons. The molecule has 5 heteroatoms. The zero-order valence-corrected chi connectivity index (χ0v) is 19.9. The van der Waals surface area contributed by atoms with Crippen molar-refractivity contribution in [3.05, 3.63) is 83.3 Å². The van der Waals surface area contributed by atoms with Crippen molar-refractivity contribution in [1.29, 1.82) is 0 Å². The van der Waals surface area contributed by atoms with Gasteiger partial charge in [0.25, 0.3) is 5.91 Å². The van der Waals surface area contributed by atoms with Gasteiger partial charge >= 0.3 is 0 Å². The highest BCUT2D eigenvalue weighted by Gasteiger charge is 2.15. The first-order valence-corrected chi connectivity index (χ1v) is 11.8. The van der Waals surface area contributed by atoms with Gasteiger partial charge in [0.05, 0.1) is 0 Å². The zero-order valence-electron chi connectivity index (χ0n) is 19.9. The number of carbonyl (C=O) groups is 1. The van der Waals surface area contributed by atoms with Gasteiger partial charge in [-0.25, -0.2) is 0 Å². The molecular formula is C28H34N2O3. The molecule has 4 rings (SSSR count). The van der Waals surface area contributed by atoms with Crippen LogP contribution in [0.25, 0.3) is 0 Å². The van der Waals surface area contributed by atoms with Gasteiger partial charge in [0.2, 0.25) is 0 Å². The Hall–Kier alpha value is -3.05. The highest BCUT2D eigenvalue weighted by molar-refractivity contribution is 6.02. The Balaban J connectivity index is 1.27. The first-order chi connectivity index (χ1) is 15.9. The van der Waals surface area contributed by atoms with Crippen molar-refractivity contribution in [3.63, 3.8) is 0 Å². The van der Waals surface area contributed by atoms with Crippen molar-refractivity contribution in [2.75, 3.05) is 18.4 Å². The van der Waals surface area contributed by atoms with Gasteiger partial charge in [0.1, 0.15) is 18.1 Å². The summed E-state index contributed by atoms with van der Waals surface area (Å²) in [4.78, 5) is 15.1. The lowest BCUT2D eigenvalue weighted by molar-refractivity contribution is 0.0992. The van der Waals surface area contributed by atoms with Gasteiger partial charge in [-0.1, -0.05) is 51.5 Å². The number of furan rings is 1. The maximum absolute atomic E-state index is 12.6. The number of hydrogen-bond donors (Lipinski definition) is 1. The van der Waals surface area contributed by atoms with E-state index in [1.165, 1.54) is 43.5 Å².